The number of benzene rings is 1. The molecule has 0 aliphatic heterocycles. The fourth-order valence-corrected chi connectivity index (χ4v) is 2.36. The van der Waals surface area contributed by atoms with Crippen LogP contribution in [0.3, 0.4) is 0 Å². The first-order chi connectivity index (χ1) is 9.10. The van der Waals surface area contributed by atoms with Gasteiger partial charge in [0.1, 0.15) is 0 Å². The molecular weight excluding hydrogens is 304 g/mol. The molecule has 3 nitrogen and oxygen atoms in total. The van der Waals surface area contributed by atoms with Crippen LogP contribution in [-0.2, 0) is 11.3 Å². The highest BCUT2D eigenvalue weighted by Gasteiger charge is 2.12. The highest BCUT2D eigenvalue weighted by molar-refractivity contribution is 9.10. The van der Waals surface area contributed by atoms with Crippen LogP contribution in [0.1, 0.15) is 25.8 Å². The van der Waals surface area contributed by atoms with Crippen molar-refractivity contribution in [3.63, 3.8) is 0 Å². The molecule has 1 N–H and O–H groups in total. The number of nitrogens with zero attached hydrogens (tertiary/aromatic N) is 1. The summed E-state index contributed by atoms with van der Waals surface area (Å²) in [6.45, 7) is 6.94. The van der Waals surface area contributed by atoms with Crippen LogP contribution in [0, 0.1) is 0 Å². The van der Waals surface area contributed by atoms with Crippen molar-refractivity contribution in [1.82, 2.24) is 5.32 Å². The lowest BCUT2D eigenvalue weighted by molar-refractivity contribution is 0.199. The molecule has 0 heterocycles. The average molecular weight is 329 g/mol. The van der Waals surface area contributed by atoms with E-state index in [9.17, 15) is 0 Å². The monoisotopic (exact) mass is 328 g/mol. The van der Waals surface area contributed by atoms with E-state index in [4.69, 9.17) is 4.74 Å². The Morgan fingerprint density at radius 3 is 2.79 bits per heavy atom. The van der Waals surface area contributed by atoms with Gasteiger partial charge >= 0.3 is 0 Å². The summed E-state index contributed by atoms with van der Waals surface area (Å²) in [5.41, 5.74) is 2.61. The van der Waals surface area contributed by atoms with Gasteiger partial charge in [-0.25, -0.2) is 0 Å². The van der Waals surface area contributed by atoms with Crippen LogP contribution in [0.5, 0.6) is 0 Å². The first-order valence-corrected chi connectivity index (χ1v) is 7.60. The van der Waals surface area contributed by atoms with Gasteiger partial charge in [-0.3, -0.25) is 0 Å². The molecule has 0 aliphatic carbocycles. The molecule has 0 saturated carbocycles. The largest absolute Gasteiger partial charge is 0.383 e. The third kappa shape index (κ3) is 5.13. The molecular formula is C15H25BrN2O. The van der Waals surface area contributed by atoms with Gasteiger partial charge in [-0.1, -0.05) is 22.9 Å². The number of rotatable bonds is 8. The Morgan fingerprint density at radius 1 is 1.42 bits per heavy atom. The van der Waals surface area contributed by atoms with Crippen molar-refractivity contribution in [3.05, 3.63) is 28.2 Å². The Morgan fingerprint density at radius 2 is 2.16 bits per heavy atom. The maximum atomic E-state index is 5.05. The van der Waals surface area contributed by atoms with Gasteiger partial charge in [0, 0.05) is 43.4 Å². The summed E-state index contributed by atoms with van der Waals surface area (Å²) in [7, 11) is 3.89. The molecule has 1 aromatic rings. The lowest BCUT2D eigenvalue weighted by Gasteiger charge is -2.28. The summed E-state index contributed by atoms with van der Waals surface area (Å²) in [5.74, 6) is 0. The smallest absolute Gasteiger partial charge is 0.0587 e. The predicted molar refractivity (Wildman–Crippen MR) is 85.9 cm³/mol. The molecule has 0 spiro atoms. The lowest BCUT2D eigenvalue weighted by atomic mass is 10.1. The molecule has 108 valence electrons. The fourth-order valence-electron chi connectivity index (χ4n) is 1.95. The number of ether oxygens (including phenoxy) is 1. The normalized spacial score (nSPS) is 12.5. The zero-order chi connectivity index (χ0) is 14.3. The molecule has 0 saturated heterocycles. The minimum atomic E-state index is 0.541. The van der Waals surface area contributed by atoms with Crippen LogP contribution in [0.15, 0.2) is 22.7 Å². The number of anilines is 1. The van der Waals surface area contributed by atoms with E-state index in [1.54, 1.807) is 7.11 Å². The highest BCUT2D eigenvalue weighted by Crippen LogP contribution is 2.25. The maximum absolute atomic E-state index is 5.05. The molecule has 0 bridgehead atoms. The van der Waals surface area contributed by atoms with Crippen molar-refractivity contribution in [2.24, 2.45) is 0 Å². The first kappa shape index (κ1) is 16.5. The summed E-state index contributed by atoms with van der Waals surface area (Å²) in [4.78, 5) is 2.35. The fraction of sp³-hybridized carbons (Fsp3) is 0.600. The molecule has 0 amide bonds. The van der Waals surface area contributed by atoms with Gasteiger partial charge in [-0.05, 0) is 37.1 Å². The van der Waals surface area contributed by atoms with Crippen molar-refractivity contribution in [2.45, 2.75) is 32.9 Å². The van der Waals surface area contributed by atoms with Crippen molar-refractivity contribution in [3.8, 4) is 0 Å². The minimum Gasteiger partial charge on any atom is -0.383 e. The molecule has 0 radical (unpaired) electrons. The van der Waals surface area contributed by atoms with Gasteiger partial charge in [0.25, 0.3) is 0 Å². The zero-order valence-electron chi connectivity index (χ0n) is 12.4. The van der Waals surface area contributed by atoms with E-state index in [-0.39, 0.29) is 0 Å². The van der Waals surface area contributed by atoms with Crippen LogP contribution in [0.25, 0.3) is 0 Å². The van der Waals surface area contributed by atoms with E-state index >= 15 is 0 Å². The summed E-state index contributed by atoms with van der Waals surface area (Å²) < 4.78 is 6.18. The van der Waals surface area contributed by atoms with Crippen molar-refractivity contribution < 1.29 is 4.74 Å². The molecule has 0 fully saturated rings. The third-order valence-electron chi connectivity index (χ3n) is 3.47. The van der Waals surface area contributed by atoms with Crippen LogP contribution in [0.2, 0.25) is 0 Å². The topological polar surface area (TPSA) is 24.5 Å². The number of halogens is 1. The maximum Gasteiger partial charge on any atom is 0.0587 e. The number of hydrogen-bond acceptors (Lipinski definition) is 3. The number of nitrogens with one attached hydrogen (secondary N) is 1. The van der Waals surface area contributed by atoms with E-state index in [0.717, 1.165) is 30.6 Å². The molecule has 19 heavy (non-hydrogen) atoms. The summed E-state index contributed by atoms with van der Waals surface area (Å²) in [6, 6.07) is 7.02. The highest BCUT2D eigenvalue weighted by atomic mass is 79.9. The van der Waals surface area contributed by atoms with Gasteiger partial charge < -0.3 is 15.0 Å². The third-order valence-corrected chi connectivity index (χ3v) is 3.97. The molecule has 1 rings (SSSR count). The molecule has 1 unspecified atom stereocenters. The Labute approximate surface area is 125 Å². The van der Waals surface area contributed by atoms with Crippen molar-refractivity contribution >= 4 is 21.6 Å². The second kappa shape index (κ2) is 8.56. The summed E-state index contributed by atoms with van der Waals surface area (Å²) in [6.07, 6.45) is 1.14. The van der Waals surface area contributed by atoms with Crippen LogP contribution in [0.4, 0.5) is 5.69 Å². The predicted octanol–water partition coefficient (Wildman–Crippen LogP) is 3.42. The van der Waals surface area contributed by atoms with Gasteiger partial charge in [-0.15, -0.1) is 0 Å². The SMILES string of the molecule is CCC(C)N(C)c1ccc(Br)cc1CNCCOC. The Bertz CT molecular complexity index is 384. The zero-order valence-corrected chi connectivity index (χ0v) is 14.0. The van der Waals surface area contributed by atoms with Crippen LogP contribution < -0.4 is 10.2 Å². The van der Waals surface area contributed by atoms with Gasteiger partial charge in [-0.2, -0.15) is 0 Å². The van der Waals surface area contributed by atoms with Crippen molar-refractivity contribution in [1.29, 1.82) is 0 Å². The molecule has 4 heteroatoms. The van der Waals surface area contributed by atoms with Gasteiger partial charge in [0.15, 0.2) is 0 Å². The Kier molecular flexibility index (Phi) is 7.42. The Balaban J connectivity index is 2.79. The van der Waals surface area contributed by atoms with Crippen molar-refractivity contribution in [2.75, 3.05) is 32.2 Å². The quantitative estimate of drug-likeness (QED) is 0.740. The van der Waals surface area contributed by atoms with Crippen LogP contribution >= 0.6 is 15.9 Å². The standard InChI is InChI=1S/C15H25BrN2O/c1-5-12(2)18(3)15-7-6-14(16)10-13(15)11-17-8-9-19-4/h6-7,10,12,17H,5,8-9,11H2,1-4H3. The molecule has 0 aromatic heterocycles. The lowest BCUT2D eigenvalue weighted by Crippen LogP contribution is -2.30. The van der Waals surface area contributed by atoms with E-state index < -0.39 is 0 Å². The second-order valence-electron chi connectivity index (χ2n) is 4.81. The molecule has 1 atom stereocenters. The summed E-state index contributed by atoms with van der Waals surface area (Å²) in [5, 5.41) is 3.41. The van der Waals surface area contributed by atoms with E-state index in [0.29, 0.717) is 6.04 Å². The second-order valence-corrected chi connectivity index (χ2v) is 5.73. The number of hydrogen-bond donors (Lipinski definition) is 1. The Hall–Kier alpha value is -0.580. The first-order valence-electron chi connectivity index (χ1n) is 6.81. The number of methoxy groups -OCH3 is 1. The van der Waals surface area contributed by atoms with Gasteiger partial charge in [0.2, 0.25) is 0 Å². The van der Waals surface area contributed by atoms with E-state index in [1.165, 1.54) is 11.3 Å². The molecule has 1 aromatic carbocycles. The van der Waals surface area contributed by atoms with Gasteiger partial charge in [0.05, 0.1) is 6.61 Å². The molecule has 0 aliphatic rings. The van der Waals surface area contributed by atoms with E-state index in [2.05, 4.69) is 65.2 Å². The minimum absolute atomic E-state index is 0.541. The van der Waals surface area contributed by atoms with Crippen LogP contribution in [-0.4, -0.2) is 33.4 Å². The average Bonchev–Trinajstić information content (AvgIpc) is 2.42. The summed E-state index contributed by atoms with van der Waals surface area (Å²) >= 11 is 3.55. The van der Waals surface area contributed by atoms with E-state index in [1.807, 2.05) is 0 Å².